The molecule has 0 aliphatic heterocycles. The maximum absolute atomic E-state index is 14.0. The van der Waals surface area contributed by atoms with Gasteiger partial charge in [0.15, 0.2) is 0 Å². The number of hydrogen-bond donors (Lipinski definition) is 1. The summed E-state index contributed by atoms with van der Waals surface area (Å²) in [5.41, 5.74) is 3.88. The van der Waals surface area contributed by atoms with Crippen LogP contribution in [-0.2, 0) is 9.53 Å². The van der Waals surface area contributed by atoms with Crippen LogP contribution in [0.1, 0.15) is 61.5 Å². The van der Waals surface area contributed by atoms with Crippen molar-refractivity contribution in [1.29, 1.82) is 0 Å². The van der Waals surface area contributed by atoms with Crippen LogP contribution in [-0.4, -0.2) is 28.5 Å². The van der Waals surface area contributed by atoms with Crippen molar-refractivity contribution in [2.24, 2.45) is 0 Å². The van der Waals surface area contributed by atoms with Gasteiger partial charge in [-0.2, -0.15) is 0 Å². The third-order valence-corrected chi connectivity index (χ3v) is 7.38. The lowest BCUT2D eigenvalue weighted by Crippen LogP contribution is -2.39. The zero-order chi connectivity index (χ0) is 28.3. The van der Waals surface area contributed by atoms with Crippen molar-refractivity contribution in [1.82, 2.24) is 10.3 Å². The van der Waals surface area contributed by atoms with Crippen molar-refractivity contribution < 1.29 is 14.3 Å². The number of benzene rings is 3. The van der Waals surface area contributed by atoms with Crippen molar-refractivity contribution in [3.05, 3.63) is 99.0 Å². The Bertz CT molecular complexity index is 1520. The number of esters is 1. The molecule has 0 aliphatic rings. The number of aromatic nitrogens is 1. The maximum atomic E-state index is 14.0. The van der Waals surface area contributed by atoms with E-state index in [4.69, 9.17) is 21.3 Å². The largest absolute Gasteiger partial charge is 0.460 e. The van der Waals surface area contributed by atoms with Crippen molar-refractivity contribution >= 4 is 50.3 Å². The first kappa shape index (κ1) is 28.8. The lowest BCUT2D eigenvalue weighted by Gasteiger charge is -2.28. The van der Waals surface area contributed by atoms with Gasteiger partial charge < -0.3 is 10.1 Å². The van der Waals surface area contributed by atoms with Crippen LogP contribution in [0.3, 0.4) is 0 Å². The van der Waals surface area contributed by atoms with Crippen LogP contribution in [0.2, 0.25) is 5.02 Å². The van der Waals surface area contributed by atoms with Crippen LogP contribution in [0.25, 0.3) is 22.2 Å². The minimum absolute atomic E-state index is 0.0688. The van der Waals surface area contributed by atoms with E-state index in [1.54, 1.807) is 6.07 Å². The minimum atomic E-state index is -0.622. The Morgan fingerprint density at radius 3 is 2.36 bits per heavy atom. The molecule has 202 valence electrons. The lowest BCUT2D eigenvalue weighted by atomic mass is 9.88. The minimum Gasteiger partial charge on any atom is -0.460 e. The number of fused-ring (bicyclic) bond motifs is 1. The number of rotatable bonds is 7. The second kappa shape index (κ2) is 11.9. The molecule has 39 heavy (non-hydrogen) atoms. The number of pyridine rings is 1. The van der Waals surface area contributed by atoms with Crippen LogP contribution >= 0.6 is 27.5 Å². The third kappa shape index (κ3) is 6.87. The Labute approximate surface area is 243 Å². The monoisotopic (exact) mass is 606 g/mol. The van der Waals surface area contributed by atoms with E-state index in [0.717, 1.165) is 37.8 Å². The van der Waals surface area contributed by atoms with Gasteiger partial charge in [-0.15, -0.1) is 0 Å². The van der Waals surface area contributed by atoms with Gasteiger partial charge in [0.25, 0.3) is 5.91 Å². The number of carbonyl (C=O) groups excluding carboxylic acids is 2. The Morgan fingerprint density at radius 2 is 1.69 bits per heavy atom. The first-order valence-electron chi connectivity index (χ1n) is 12.9. The van der Waals surface area contributed by atoms with Gasteiger partial charge in [-0.3, -0.25) is 9.59 Å². The SMILES string of the molecule is Cc1c(-c2ccccc2)nc2ccc(Br)cc2c1C(=O)NC(C)C(CC(=O)OC(C)(C)C)c1ccccc1Cl. The normalized spacial score (nSPS) is 13.1. The van der Waals surface area contributed by atoms with Gasteiger partial charge in [0.05, 0.1) is 23.2 Å². The first-order chi connectivity index (χ1) is 18.4. The fraction of sp³-hybridized carbons (Fsp3) is 0.281. The number of hydrogen-bond acceptors (Lipinski definition) is 4. The number of halogens is 2. The van der Waals surface area contributed by atoms with Crippen LogP contribution < -0.4 is 5.32 Å². The highest BCUT2D eigenvalue weighted by Gasteiger charge is 2.29. The fourth-order valence-corrected chi connectivity index (χ4v) is 5.41. The molecule has 1 heterocycles. The molecule has 1 amide bonds. The molecule has 0 spiro atoms. The van der Waals surface area contributed by atoms with E-state index in [1.807, 2.05) is 101 Å². The Hall–Kier alpha value is -3.22. The van der Waals surface area contributed by atoms with E-state index in [9.17, 15) is 9.59 Å². The molecule has 1 aromatic heterocycles. The summed E-state index contributed by atoms with van der Waals surface area (Å²) in [7, 11) is 0. The average Bonchev–Trinajstić information content (AvgIpc) is 2.86. The highest BCUT2D eigenvalue weighted by atomic mass is 79.9. The summed E-state index contributed by atoms with van der Waals surface area (Å²) in [4.78, 5) is 31.8. The summed E-state index contributed by atoms with van der Waals surface area (Å²) in [6, 6.07) is 22.5. The Kier molecular flexibility index (Phi) is 8.77. The van der Waals surface area contributed by atoms with E-state index < -0.39 is 17.6 Å². The zero-order valence-corrected chi connectivity index (χ0v) is 25.1. The Balaban J connectivity index is 1.75. The molecule has 0 bridgehead atoms. The molecule has 3 aromatic carbocycles. The van der Waals surface area contributed by atoms with Crippen LogP contribution in [0.4, 0.5) is 0 Å². The summed E-state index contributed by atoms with van der Waals surface area (Å²) >= 11 is 10.1. The molecule has 4 aromatic rings. The van der Waals surface area contributed by atoms with Gasteiger partial charge in [0.1, 0.15) is 5.60 Å². The highest BCUT2D eigenvalue weighted by Crippen LogP contribution is 2.34. The number of nitrogens with zero attached hydrogens (tertiary/aromatic N) is 1. The quantitative estimate of drug-likeness (QED) is 0.215. The molecule has 7 heteroatoms. The summed E-state index contributed by atoms with van der Waals surface area (Å²) in [6.45, 7) is 9.31. The highest BCUT2D eigenvalue weighted by molar-refractivity contribution is 9.10. The summed E-state index contributed by atoms with van der Waals surface area (Å²) in [6.07, 6.45) is 0.0688. The second-order valence-corrected chi connectivity index (χ2v) is 12.0. The molecular weight excluding hydrogens is 576 g/mol. The van der Waals surface area contributed by atoms with Crippen LogP contribution in [0, 0.1) is 6.92 Å². The van der Waals surface area contributed by atoms with Gasteiger partial charge in [0.2, 0.25) is 0 Å². The molecule has 0 saturated heterocycles. The van der Waals surface area contributed by atoms with Crippen molar-refractivity contribution in [3.63, 3.8) is 0 Å². The summed E-state index contributed by atoms with van der Waals surface area (Å²) in [5.74, 6) is -0.996. The molecule has 0 aliphatic carbocycles. The van der Waals surface area contributed by atoms with Crippen LogP contribution in [0.15, 0.2) is 77.3 Å². The van der Waals surface area contributed by atoms with E-state index in [0.29, 0.717) is 10.6 Å². The molecule has 5 nitrogen and oxygen atoms in total. The lowest BCUT2D eigenvalue weighted by molar-refractivity contribution is -0.155. The number of amides is 1. The fourth-order valence-electron chi connectivity index (χ4n) is 4.77. The van der Waals surface area contributed by atoms with Gasteiger partial charge in [0, 0.05) is 32.4 Å². The smallest absolute Gasteiger partial charge is 0.307 e. The number of carbonyl (C=O) groups is 2. The van der Waals surface area contributed by atoms with Crippen molar-refractivity contribution in [3.8, 4) is 11.3 Å². The van der Waals surface area contributed by atoms with E-state index in [-0.39, 0.29) is 18.3 Å². The van der Waals surface area contributed by atoms with Gasteiger partial charge in [-0.05, 0) is 70.0 Å². The van der Waals surface area contributed by atoms with E-state index in [2.05, 4.69) is 21.2 Å². The van der Waals surface area contributed by atoms with Gasteiger partial charge >= 0.3 is 5.97 Å². The van der Waals surface area contributed by atoms with Crippen molar-refractivity contribution in [2.75, 3.05) is 0 Å². The van der Waals surface area contributed by atoms with Gasteiger partial charge in [-0.25, -0.2) is 4.98 Å². The molecule has 1 N–H and O–H groups in total. The molecule has 2 unspecified atom stereocenters. The third-order valence-electron chi connectivity index (χ3n) is 6.54. The van der Waals surface area contributed by atoms with Crippen LogP contribution in [0.5, 0.6) is 0 Å². The Morgan fingerprint density at radius 1 is 1.03 bits per heavy atom. The molecule has 2 atom stereocenters. The summed E-state index contributed by atoms with van der Waals surface area (Å²) < 4.78 is 6.47. The second-order valence-electron chi connectivity index (χ2n) is 10.7. The van der Waals surface area contributed by atoms with E-state index in [1.165, 1.54) is 0 Å². The molecule has 0 fully saturated rings. The molecule has 0 radical (unpaired) electrons. The maximum Gasteiger partial charge on any atom is 0.307 e. The predicted octanol–water partition coefficient (Wildman–Crippen LogP) is 8.26. The number of nitrogens with one attached hydrogen (secondary N) is 1. The van der Waals surface area contributed by atoms with Crippen molar-refractivity contribution in [2.45, 2.75) is 58.6 Å². The predicted molar refractivity (Wildman–Crippen MR) is 161 cm³/mol. The first-order valence-corrected chi connectivity index (χ1v) is 14.0. The molecular formula is C32H32BrClN2O3. The zero-order valence-electron chi connectivity index (χ0n) is 22.7. The summed E-state index contributed by atoms with van der Waals surface area (Å²) in [5, 5.41) is 4.45. The standard InChI is InChI=1S/C32H32BrClN2O3/c1-19-29(25-17-22(33)15-16-27(25)36-30(19)21-11-7-6-8-12-21)31(38)35-20(2)24(18-28(37)39-32(3,4)5)23-13-9-10-14-26(23)34/h6-17,20,24H,18H2,1-5H3,(H,35,38). The topological polar surface area (TPSA) is 68.3 Å². The number of ether oxygens (including phenoxy) is 1. The average molecular weight is 608 g/mol. The molecule has 0 saturated carbocycles. The van der Waals surface area contributed by atoms with E-state index >= 15 is 0 Å². The van der Waals surface area contributed by atoms with Gasteiger partial charge in [-0.1, -0.05) is 76.1 Å². The molecule has 4 rings (SSSR count).